The Labute approximate surface area is 117 Å². The van der Waals surface area contributed by atoms with Crippen molar-refractivity contribution in [3.05, 3.63) is 36.1 Å². The van der Waals surface area contributed by atoms with Crippen LogP contribution in [0.1, 0.15) is 0 Å². The molecule has 0 amide bonds. The van der Waals surface area contributed by atoms with Gasteiger partial charge in [0, 0.05) is 12.3 Å². The van der Waals surface area contributed by atoms with Crippen molar-refractivity contribution in [3.63, 3.8) is 0 Å². The molecule has 0 aromatic carbocycles. The van der Waals surface area contributed by atoms with Crippen molar-refractivity contribution in [2.24, 2.45) is 0 Å². The molecule has 0 saturated heterocycles. The second-order valence-corrected chi connectivity index (χ2v) is 3.99. The second kappa shape index (κ2) is 5.05. The van der Waals surface area contributed by atoms with Gasteiger partial charge in [-0.05, 0) is 0 Å². The van der Waals surface area contributed by atoms with Crippen molar-refractivity contribution in [1.82, 2.24) is 34.7 Å². The van der Waals surface area contributed by atoms with Gasteiger partial charge in [0.2, 0.25) is 5.95 Å². The van der Waals surface area contributed by atoms with Crippen LogP contribution in [0.3, 0.4) is 0 Å². The lowest BCUT2D eigenvalue weighted by molar-refractivity contribution is 0.436. The maximum Gasteiger partial charge on any atom is 0.328 e. The summed E-state index contributed by atoms with van der Waals surface area (Å²) < 4.78 is 6.76. The summed E-state index contributed by atoms with van der Waals surface area (Å²) in [5.74, 6) is 0.572. The molecule has 3 aromatic rings. The van der Waals surface area contributed by atoms with E-state index in [1.807, 2.05) is 0 Å². The molecule has 0 fully saturated rings. The Balaban J connectivity index is 1.94. The predicted molar refractivity (Wildman–Crippen MR) is 68.5 cm³/mol. The standard InChI is InChI=1S/C10H7ClN8O/c11-6-1-7(3-13-2-6)20-10-17-8(12)16-9(18-10)19-5-14-4-15-19/h1-5H,(H2,12,16,17,18). The van der Waals surface area contributed by atoms with Crippen LogP contribution in [0.4, 0.5) is 5.95 Å². The van der Waals surface area contributed by atoms with E-state index in [2.05, 4.69) is 30.0 Å². The third-order valence-electron chi connectivity index (χ3n) is 2.13. The maximum absolute atomic E-state index is 5.81. The third-order valence-corrected chi connectivity index (χ3v) is 2.34. The number of ether oxygens (including phenoxy) is 1. The van der Waals surface area contributed by atoms with Gasteiger partial charge in [-0.2, -0.15) is 24.7 Å². The van der Waals surface area contributed by atoms with Gasteiger partial charge in [0.15, 0.2) is 5.75 Å². The van der Waals surface area contributed by atoms with E-state index in [4.69, 9.17) is 22.1 Å². The molecule has 0 atom stereocenters. The number of hydrogen-bond acceptors (Lipinski definition) is 8. The lowest BCUT2D eigenvalue weighted by atomic mass is 10.5. The van der Waals surface area contributed by atoms with Gasteiger partial charge < -0.3 is 10.5 Å². The van der Waals surface area contributed by atoms with E-state index in [0.717, 1.165) is 0 Å². The number of pyridine rings is 1. The van der Waals surface area contributed by atoms with E-state index in [9.17, 15) is 0 Å². The third kappa shape index (κ3) is 2.62. The number of aromatic nitrogens is 7. The summed E-state index contributed by atoms with van der Waals surface area (Å²) in [7, 11) is 0. The summed E-state index contributed by atoms with van der Waals surface area (Å²) in [5, 5.41) is 4.33. The molecule has 3 rings (SSSR count). The van der Waals surface area contributed by atoms with Gasteiger partial charge in [0.25, 0.3) is 5.95 Å². The first-order chi connectivity index (χ1) is 9.70. The van der Waals surface area contributed by atoms with Crippen LogP contribution in [0.15, 0.2) is 31.1 Å². The van der Waals surface area contributed by atoms with E-state index in [-0.39, 0.29) is 17.9 Å². The highest BCUT2D eigenvalue weighted by molar-refractivity contribution is 6.30. The molecule has 0 unspecified atom stereocenters. The summed E-state index contributed by atoms with van der Waals surface area (Å²) in [6.07, 6.45) is 5.74. The molecule has 0 saturated carbocycles. The first kappa shape index (κ1) is 12.2. The average Bonchev–Trinajstić information content (AvgIpc) is 2.91. The minimum absolute atomic E-state index is 0.00418. The average molecular weight is 291 g/mol. The van der Waals surface area contributed by atoms with Crippen molar-refractivity contribution in [2.75, 3.05) is 5.73 Å². The highest BCUT2D eigenvalue weighted by Crippen LogP contribution is 2.20. The van der Waals surface area contributed by atoms with Gasteiger partial charge in [0.05, 0.1) is 11.2 Å². The van der Waals surface area contributed by atoms with Crippen LogP contribution in [-0.2, 0) is 0 Å². The number of nitrogens with two attached hydrogens (primary N) is 1. The Kier molecular flexibility index (Phi) is 3.09. The van der Waals surface area contributed by atoms with Gasteiger partial charge in [-0.3, -0.25) is 4.98 Å². The summed E-state index contributed by atoms with van der Waals surface area (Å²) >= 11 is 5.81. The minimum Gasteiger partial charge on any atom is -0.422 e. The summed E-state index contributed by atoms with van der Waals surface area (Å²) in [5.41, 5.74) is 5.60. The number of rotatable bonds is 3. The van der Waals surface area contributed by atoms with Crippen LogP contribution in [-0.4, -0.2) is 34.7 Å². The number of nitrogen functional groups attached to an aromatic ring is 1. The Morgan fingerprint density at radius 2 is 2.05 bits per heavy atom. The van der Waals surface area contributed by atoms with Crippen molar-refractivity contribution in [2.45, 2.75) is 0 Å². The highest BCUT2D eigenvalue weighted by atomic mass is 35.5. The van der Waals surface area contributed by atoms with E-state index in [0.29, 0.717) is 10.8 Å². The first-order valence-electron chi connectivity index (χ1n) is 5.36. The quantitative estimate of drug-likeness (QED) is 0.755. The molecule has 100 valence electrons. The molecule has 0 aliphatic heterocycles. The highest BCUT2D eigenvalue weighted by Gasteiger charge is 2.09. The first-order valence-corrected chi connectivity index (χ1v) is 5.73. The van der Waals surface area contributed by atoms with Gasteiger partial charge in [-0.15, -0.1) is 0 Å². The van der Waals surface area contributed by atoms with E-state index in [1.165, 1.54) is 29.7 Å². The molecular formula is C10H7ClN8O. The zero-order valence-corrected chi connectivity index (χ0v) is 10.6. The second-order valence-electron chi connectivity index (χ2n) is 3.56. The summed E-state index contributed by atoms with van der Waals surface area (Å²) in [6.45, 7) is 0. The van der Waals surface area contributed by atoms with Crippen molar-refractivity contribution >= 4 is 17.5 Å². The lowest BCUT2D eigenvalue weighted by Gasteiger charge is -2.05. The maximum atomic E-state index is 5.81. The minimum atomic E-state index is -0.00418. The van der Waals surface area contributed by atoms with Crippen LogP contribution in [0.2, 0.25) is 5.02 Å². The topological polar surface area (TPSA) is 118 Å². The molecule has 3 heterocycles. The van der Waals surface area contributed by atoms with Gasteiger partial charge in [-0.1, -0.05) is 11.6 Å². The monoisotopic (exact) mass is 290 g/mol. The number of halogens is 1. The predicted octanol–water partition coefficient (Wildman–Crippen LogP) is 0.875. The molecule has 0 aliphatic rings. The fourth-order valence-electron chi connectivity index (χ4n) is 1.37. The molecule has 20 heavy (non-hydrogen) atoms. The zero-order valence-electron chi connectivity index (χ0n) is 9.88. The Morgan fingerprint density at radius 1 is 1.15 bits per heavy atom. The Morgan fingerprint density at radius 3 is 2.80 bits per heavy atom. The van der Waals surface area contributed by atoms with Crippen LogP contribution < -0.4 is 10.5 Å². The molecule has 0 radical (unpaired) electrons. The number of nitrogens with zero attached hydrogens (tertiary/aromatic N) is 7. The Bertz CT molecular complexity index is 732. The van der Waals surface area contributed by atoms with Crippen molar-refractivity contribution in [3.8, 4) is 17.7 Å². The zero-order chi connectivity index (χ0) is 13.9. The molecule has 10 heteroatoms. The van der Waals surface area contributed by atoms with E-state index in [1.54, 1.807) is 6.07 Å². The van der Waals surface area contributed by atoms with E-state index < -0.39 is 0 Å². The fourth-order valence-corrected chi connectivity index (χ4v) is 1.54. The van der Waals surface area contributed by atoms with Crippen molar-refractivity contribution in [1.29, 1.82) is 0 Å². The molecular weight excluding hydrogens is 284 g/mol. The molecule has 0 spiro atoms. The van der Waals surface area contributed by atoms with Crippen LogP contribution in [0.5, 0.6) is 11.8 Å². The number of anilines is 1. The number of hydrogen-bond donors (Lipinski definition) is 1. The largest absolute Gasteiger partial charge is 0.422 e. The summed E-state index contributed by atoms with van der Waals surface area (Å²) in [6, 6.07) is 1.58. The molecule has 0 bridgehead atoms. The SMILES string of the molecule is Nc1nc(Oc2cncc(Cl)c2)nc(-n2cncn2)n1. The van der Waals surface area contributed by atoms with E-state index >= 15 is 0 Å². The lowest BCUT2D eigenvalue weighted by Crippen LogP contribution is -2.08. The smallest absolute Gasteiger partial charge is 0.328 e. The van der Waals surface area contributed by atoms with Crippen molar-refractivity contribution < 1.29 is 4.74 Å². The Hall–Kier alpha value is -2.81. The van der Waals surface area contributed by atoms with Gasteiger partial charge >= 0.3 is 6.01 Å². The molecule has 3 aromatic heterocycles. The van der Waals surface area contributed by atoms with Crippen LogP contribution in [0, 0.1) is 0 Å². The van der Waals surface area contributed by atoms with Gasteiger partial charge in [-0.25, -0.2) is 4.98 Å². The van der Waals surface area contributed by atoms with Gasteiger partial charge in [0.1, 0.15) is 12.7 Å². The van der Waals surface area contributed by atoms with Crippen LogP contribution in [0.25, 0.3) is 5.95 Å². The normalized spacial score (nSPS) is 10.4. The molecule has 9 nitrogen and oxygen atoms in total. The fraction of sp³-hybridized carbons (Fsp3) is 0. The summed E-state index contributed by atoms with van der Waals surface area (Å²) in [4.78, 5) is 19.5. The van der Waals surface area contributed by atoms with Crippen LogP contribution >= 0.6 is 11.6 Å². The molecule has 2 N–H and O–H groups in total. The molecule has 0 aliphatic carbocycles.